The zero-order chi connectivity index (χ0) is 14.8. The normalized spacial score (nSPS) is 17.4. The Hall–Kier alpha value is -1.42. The molecule has 1 aliphatic carbocycles. The molecule has 20 heavy (non-hydrogen) atoms. The molecule has 0 aliphatic heterocycles. The Morgan fingerprint density at radius 2 is 1.95 bits per heavy atom. The maximum atomic E-state index is 10.5. The molecule has 112 valence electrons. The molecule has 0 heterocycles. The molecule has 4 nitrogen and oxygen atoms in total. The SMILES string of the molecule is CC(C)Oc1cc(N)cc(N(C)CC2(O)CCCC2)c1. The molecule has 1 fully saturated rings. The van der Waals surface area contributed by atoms with Crippen LogP contribution in [-0.2, 0) is 0 Å². The van der Waals surface area contributed by atoms with Gasteiger partial charge in [0.05, 0.1) is 11.7 Å². The van der Waals surface area contributed by atoms with Crippen LogP contribution in [0.5, 0.6) is 5.75 Å². The summed E-state index contributed by atoms with van der Waals surface area (Å²) in [4.78, 5) is 2.06. The number of ether oxygens (including phenoxy) is 1. The van der Waals surface area contributed by atoms with Gasteiger partial charge in [0.2, 0.25) is 0 Å². The van der Waals surface area contributed by atoms with Crippen molar-refractivity contribution in [2.24, 2.45) is 0 Å². The van der Waals surface area contributed by atoms with Gasteiger partial charge >= 0.3 is 0 Å². The highest BCUT2D eigenvalue weighted by atomic mass is 16.5. The van der Waals surface area contributed by atoms with Crippen molar-refractivity contribution in [2.75, 3.05) is 24.2 Å². The number of nitrogens with two attached hydrogens (primary N) is 1. The van der Waals surface area contributed by atoms with E-state index >= 15 is 0 Å². The van der Waals surface area contributed by atoms with E-state index < -0.39 is 5.60 Å². The molecule has 0 amide bonds. The van der Waals surface area contributed by atoms with E-state index in [1.807, 2.05) is 39.1 Å². The molecule has 1 aliphatic rings. The number of aliphatic hydroxyl groups is 1. The summed E-state index contributed by atoms with van der Waals surface area (Å²) in [5.41, 5.74) is 7.06. The third-order valence-corrected chi connectivity index (χ3v) is 3.79. The first-order valence-corrected chi connectivity index (χ1v) is 7.39. The number of benzene rings is 1. The van der Waals surface area contributed by atoms with Crippen molar-refractivity contribution in [3.05, 3.63) is 18.2 Å². The van der Waals surface area contributed by atoms with Gasteiger partial charge in [-0.3, -0.25) is 0 Å². The van der Waals surface area contributed by atoms with Crippen LogP contribution in [0.15, 0.2) is 18.2 Å². The van der Waals surface area contributed by atoms with E-state index in [9.17, 15) is 5.11 Å². The topological polar surface area (TPSA) is 58.7 Å². The maximum absolute atomic E-state index is 10.5. The molecule has 0 unspecified atom stereocenters. The average molecular weight is 278 g/mol. The zero-order valence-corrected chi connectivity index (χ0v) is 12.7. The minimum absolute atomic E-state index is 0.119. The second kappa shape index (κ2) is 5.92. The molecular formula is C16H26N2O2. The van der Waals surface area contributed by atoms with Crippen LogP contribution in [0.1, 0.15) is 39.5 Å². The van der Waals surface area contributed by atoms with Gasteiger partial charge in [-0.15, -0.1) is 0 Å². The number of anilines is 2. The van der Waals surface area contributed by atoms with Crippen molar-refractivity contribution in [1.29, 1.82) is 0 Å². The number of likely N-dealkylation sites (N-methyl/N-ethyl adjacent to an activating group) is 1. The number of nitrogen functional groups attached to an aromatic ring is 1. The molecule has 4 heteroatoms. The van der Waals surface area contributed by atoms with Gasteiger partial charge in [-0.2, -0.15) is 0 Å². The van der Waals surface area contributed by atoms with Gasteiger partial charge in [-0.25, -0.2) is 0 Å². The fraction of sp³-hybridized carbons (Fsp3) is 0.625. The van der Waals surface area contributed by atoms with Gasteiger partial charge in [0.1, 0.15) is 5.75 Å². The Labute approximate surface area is 121 Å². The Morgan fingerprint density at radius 3 is 2.55 bits per heavy atom. The summed E-state index contributed by atoms with van der Waals surface area (Å²) in [6.45, 7) is 4.62. The summed E-state index contributed by atoms with van der Waals surface area (Å²) < 4.78 is 5.71. The first-order valence-electron chi connectivity index (χ1n) is 7.39. The molecular weight excluding hydrogens is 252 g/mol. The smallest absolute Gasteiger partial charge is 0.123 e. The molecule has 1 saturated carbocycles. The molecule has 1 aromatic carbocycles. The van der Waals surface area contributed by atoms with Crippen molar-refractivity contribution >= 4 is 11.4 Å². The van der Waals surface area contributed by atoms with Gasteiger partial charge in [0.15, 0.2) is 0 Å². The van der Waals surface area contributed by atoms with Crippen LogP contribution < -0.4 is 15.4 Å². The van der Waals surface area contributed by atoms with Crippen molar-refractivity contribution in [2.45, 2.75) is 51.2 Å². The molecule has 0 saturated heterocycles. The molecule has 0 aromatic heterocycles. The second-order valence-corrected chi connectivity index (χ2v) is 6.21. The van der Waals surface area contributed by atoms with E-state index in [-0.39, 0.29) is 6.10 Å². The van der Waals surface area contributed by atoms with Crippen LogP contribution in [-0.4, -0.2) is 30.4 Å². The third-order valence-electron chi connectivity index (χ3n) is 3.79. The highest BCUT2D eigenvalue weighted by molar-refractivity contribution is 5.60. The molecule has 2 rings (SSSR count). The summed E-state index contributed by atoms with van der Waals surface area (Å²) in [6.07, 6.45) is 4.12. The highest BCUT2D eigenvalue weighted by Crippen LogP contribution is 2.32. The number of hydrogen-bond donors (Lipinski definition) is 2. The molecule has 0 radical (unpaired) electrons. The first-order chi connectivity index (χ1) is 9.38. The van der Waals surface area contributed by atoms with E-state index in [4.69, 9.17) is 10.5 Å². The lowest BCUT2D eigenvalue weighted by Gasteiger charge is -2.30. The van der Waals surface area contributed by atoms with Gasteiger partial charge < -0.3 is 20.5 Å². The fourth-order valence-corrected chi connectivity index (χ4v) is 2.89. The first kappa shape index (κ1) is 15.0. The average Bonchev–Trinajstić information content (AvgIpc) is 2.74. The van der Waals surface area contributed by atoms with Crippen LogP contribution >= 0.6 is 0 Å². The Morgan fingerprint density at radius 1 is 1.30 bits per heavy atom. The van der Waals surface area contributed by atoms with E-state index in [2.05, 4.69) is 4.90 Å². The predicted molar refractivity (Wildman–Crippen MR) is 83.3 cm³/mol. The number of hydrogen-bond acceptors (Lipinski definition) is 4. The monoisotopic (exact) mass is 278 g/mol. The highest BCUT2D eigenvalue weighted by Gasteiger charge is 2.32. The zero-order valence-electron chi connectivity index (χ0n) is 12.7. The van der Waals surface area contributed by atoms with Crippen molar-refractivity contribution in [1.82, 2.24) is 0 Å². The van der Waals surface area contributed by atoms with Gasteiger partial charge in [-0.1, -0.05) is 12.8 Å². The van der Waals surface area contributed by atoms with Crippen molar-refractivity contribution < 1.29 is 9.84 Å². The predicted octanol–water partition coefficient (Wildman–Crippen LogP) is 2.80. The minimum Gasteiger partial charge on any atom is -0.491 e. The maximum Gasteiger partial charge on any atom is 0.123 e. The molecule has 1 aromatic rings. The summed E-state index contributed by atoms with van der Waals surface area (Å²) >= 11 is 0. The van der Waals surface area contributed by atoms with Crippen LogP contribution in [0, 0.1) is 0 Å². The summed E-state index contributed by atoms with van der Waals surface area (Å²) in [7, 11) is 1.99. The van der Waals surface area contributed by atoms with Crippen LogP contribution in [0.25, 0.3) is 0 Å². The van der Waals surface area contributed by atoms with Crippen LogP contribution in [0.4, 0.5) is 11.4 Å². The number of rotatable bonds is 5. The van der Waals surface area contributed by atoms with E-state index in [0.717, 1.165) is 37.1 Å². The molecule has 3 N–H and O–H groups in total. The second-order valence-electron chi connectivity index (χ2n) is 6.21. The number of nitrogens with zero attached hydrogens (tertiary/aromatic N) is 1. The minimum atomic E-state index is -0.557. The van der Waals surface area contributed by atoms with E-state index in [1.165, 1.54) is 0 Å². The molecule has 0 bridgehead atoms. The van der Waals surface area contributed by atoms with Crippen molar-refractivity contribution in [3.63, 3.8) is 0 Å². The van der Waals surface area contributed by atoms with E-state index in [1.54, 1.807) is 0 Å². The van der Waals surface area contributed by atoms with Crippen molar-refractivity contribution in [3.8, 4) is 5.75 Å². The van der Waals surface area contributed by atoms with Crippen LogP contribution in [0.2, 0.25) is 0 Å². The Bertz CT molecular complexity index is 454. The largest absolute Gasteiger partial charge is 0.491 e. The van der Waals surface area contributed by atoms with Gasteiger partial charge in [0, 0.05) is 37.1 Å². The standard InChI is InChI=1S/C16H26N2O2/c1-12(2)20-15-9-13(17)8-14(10-15)18(3)11-16(19)6-4-5-7-16/h8-10,12,19H,4-7,11,17H2,1-3H3. The lowest BCUT2D eigenvalue weighted by atomic mass is 10.0. The summed E-state index contributed by atoms with van der Waals surface area (Å²) in [6, 6.07) is 5.74. The molecule has 0 atom stereocenters. The lowest BCUT2D eigenvalue weighted by molar-refractivity contribution is 0.0559. The van der Waals surface area contributed by atoms with Gasteiger partial charge in [0.25, 0.3) is 0 Å². The lowest BCUT2D eigenvalue weighted by Crippen LogP contribution is -2.39. The molecule has 0 spiro atoms. The fourth-order valence-electron chi connectivity index (χ4n) is 2.89. The van der Waals surface area contributed by atoms with Crippen LogP contribution in [0.3, 0.4) is 0 Å². The Kier molecular flexibility index (Phi) is 4.43. The van der Waals surface area contributed by atoms with E-state index in [0.29, 0.717) is 12.2 Å². The third kappa shape index (κ3) is 3.79. The summed E-state index contributed by atoms with van der Waals surface area (Å²) in [5.74, 6) is 0.778. The summed E-state index contributed by atoms with van der Waals surface area (Å²) in [5, 5.41) is 10.5. The Balaban J connectivity index is 2.12. The van der Waals surface area contributed by atoms with Gasteiger partial charge in [-0.05, 0) is 32.8 Å². The quantitative estimate of drug-likeness (QED) is 0.813.